The molecule has 66 valence electrons. The van der Waals surface area contributed by atoms with Crippen LogP contribution in [0.15, 0.2) is 12.3 Å². The minimum atomic E-state index is 0.291. The Hall–Kier alpha value is -1.11. The van der Waals surface area contributed by atoms with E-state index in [-0.39, 0.29) is 0 Å². The third-order valence-electron chi connectivity index (χ3n) is 2.22. The minimum absolute atomic E-state index is 0.291. The Kier molecular flexibility index (Phi) is 2.17. The van der Waals surface area contributed by atoms with Gasteiger partial charge in [0.05, 0.1) is 11.6 Å². The number of nitrogens with one attached hydrogen (secondary N) is 1. The zero-order valence-electron chi connectivity index (χ0n) is 6.92. The second-order valence-electron chi connectivity index (χ2n) is 3.00. The Labute approximate surface area is 81.4 Å². The molecule has 3 nitrogen and oxygen atoms in total. The summed E-state index contributed by atoms with van der Waals surface area (Å²) in [6.07, 6.45) is 2.75. The second kappa shape index (κ2) is 3.33. The maximum absolute atomic E-state index is 8.85. The van der Waals surface area contributed by atoms with Crippen LogP contribution < -0.4 is 5.32 Å². The Morgan fingerprint density at radius 1 is 1.69 bits per heavy atom. The zero-order valence-corrected chi connectivity index (χ0v) is 7.67. The van der Waals surface area contributed by atoms with Gasteiger partial charge in [-0.25, -0.2) is 4.98 Å². The molecule has 1 aromatic heterocycles. The smallest absolute Gasteiger partial charge is 0.130 e. The molecule has 2 rings (SSSR count). The van der Waals surface area contributed by atoms with E-state index in [1.165, 1.54) is 0 Å². The number of pyridine rings is 1. The fraction of sp³-hybridized carbons (Fsp3) is 0.333. The largest absolute Gasteiger partial charge is 0.310 e. The first kappa shape index (κ1) is 8.49. The summed E-state index contributed by atoms with van der Waals surface area (Å²) in [6, 6.07) is 4.02. The molecule has 0 spiro atoms. The van der Waals surface area contributed by atoms with Crippen LogP contribution in [0.1, 0.15) is 23.6 Å². The van der Waals surface area contributed by atoms with Crippen LogP contribution >= 0.6 is 11.6 Å². The van der Waals surface area contributed by atoms with Crippen LogP contribution in [0.4, 0.5) is 0 Å². The van der Waals surface area contributed by atoms with Crippen molar-refractivity contribution in [1.82, 2.24) is 10.3 Å². The zero-order chi connectivity index (χ0) is 9.26. The van der Waals surface area contributed by atoms with Gasteiger partial charge in [0.1, 0.15) is 5.15 Å². The molecule has 1 atom stereocenters. The van der Waals surface area contributed by atoms with Crippen molar-refractivity contribution in [2.75, 3.05) is 6.54 Å². The van der Waals surface area contributed by atoms with E-state index >= 15 is 0 Å². The lowest BCUT2D eigenvalue weighted by Gasteiger charge is -2.28. The van der Waals surface area contributed by atoms with Crippen LogP contribution in [0.2, 0.25) is 5.15 Å². The predicted octanol–water partition coefficient (Wildman–Crippen LogP) is 1.64. The highest BCUT2D eigenvalue weighted by Gasteiger charge is 2.21. The van der Waals surface area contributed by atoms with Crippen molar-refractivity contribution < 1.29 is 0 Å². The Morgan fingerprint density at radius 3 is 3.00 bits per heavy atom. The minimum Gasteiger partial charge on any atom is -0.310 e. The van der Waals surface area contributed by atoms with Gasteiger partial charge in [-0.05, 0) is 19.0 Å². The van der Waals surface area contributed by atoms with Crippen molar-refractivity contribution in [3.05, 3.63) is 28.5 Å². The number of aromatic nitrogens is 1. The number of rotatable bonds is 1. The predicted molar refractivity (Wildman–Crippen MR) is 49.3 cm³/mol. The van der Waals surface area contributed by atoms with Gasteiger partial charge in [-0.3, -0.25) is 0 Å². The third-order valence-corrected chi connectivity index (χ3v) is 2.43. The van der Waals surface area contributed by atoms with Gasteiger partial charge in [0.25, 0.3) is 0 Å². The molecule has 1 aromatic rings. The molecule has 1 fully saturated rings. The van der Waals surface area contributed by atoms with Gasteiger partial charge in [-0.2, -0.15) is 5.26 Å². The highest BCUT2D eigenvalue weighted by atomic mass is 35.5. The summed E-state index contributed by atoms with van der Waals surface area (Å²) in [5.74, 6) is 0. The monoisotopic (exact) mass is 193 g/mol. The Balaban J connectivity index is 2.39. The lowest BCUT2D eigenvalue weighted by Crippen LogP contribution is -2.35. The van der Waals surface area contributed by atoms with Crippen LogP contribution in [0.5, 0.6) is 0 Å². The van der Waals surface area contributed by atoms with Crippen LogP contribution in [-0.4, -0.2) is 11.5 Å². The molecule has 1 saturated heterocycles. The number of hydrogen-bond donors (Lipinski definition) is 1. The second-order valence-corrected chi connectivity index (χ2v) is 3.39. The molecule has 0 aliphatic carbocycles. The van der Waals surface area contributed by atoms with E-state index in [2.05, 4.69) is 16.4 Å². The SMILES string of the molecule is N#Cc1cc(Cl)ncc1C1CCN1. The first-order valence-electron chi connectivity index (χ1n) is 4.10. The van der Waals surface area contributed by atoms with E-state index in [1.807, 2.05) is 0 Å². The number of nitriles is 1. The van der Waals surface area contributed by atoms with Crippen molar-refractivity contribution in [2.24, 2.45) is 0 Å². The average molecular weight is 194 g/mol. The summed E-state index contributed by atoms with van der Waals surface area (Å²) in [4.78, 5) is 3.96. The Bertz CT molecular complexity index is 366. The summed E-state index contributed by atoms with van der Waals surface area (Å²) >= 11 is 5.68. The van der Waals surface area contributed by atoms with Crippen molar-refractivity contribution in [2.45, 2.75) is 12.5 Å². The van der Waals surface area contributed by atoms with Gasteiger partial charge in [-0.15, -0.1) is 0 Å². The normalized spacial score (nSPS) is 20.5. The summed E-state index contributed by atoms with van der Waals surface area (Å²) in [6.45, 7) is 1.01. The highest BCUT2D eigenvalue weighted by Crippen LogP contribution is 2.26. The summed E-state index contributed by atoms with van der Waals surface area (Å²) < 4.78 is 0. The van der Waals surface area contributed by atoms with Crippen LogP contribution in [0.25, 0.3) is 0 Å². The van der Waals surface area contributed by atoms with E-state index < -0.39 is 0 Å². The molecule has 13 heavy (non-hydrogen) atoms. The lowest BCUT2D eigenvalue weighted by atomic mass is 9.96. The molecule has 1 aliphatic rings. The van der Waals surface area contributed by atoms with Gasteiger partial charge in [0.15, 0.2) is 0 Å². The molecule has 1 unspecified atom stereocenters. The topological polar surface area (TPSA) is 48.7 Å². The molecule has 4 heteroatoms. The van der Waals surface area contributed by atoms with Gasteiger partial charge < -0.3 is 5.32 Å². The van der Waals surface area contributed by atoms with E-state index in [1.54, 1.807) is 12.3 Å². The summed E-state index contributed by atoms with van der Waals surface area (Å²) in [7, 11) is 0. The molecule has 0 aromatic carbocycles. The molecular formula is C9H8ClN3. The molecule has 0 amide bonds. The van der Waals surface area contributed by atoms with Gasteiger partial charge in [0, 0.05) is 17.8 Å². The third kappa shape index (κ3) is 1.51. The van der Waals surface area contributed by atoms with Crippen LogP contribution in [0.3, 0.4) is 0 Å². The van der Waals surface area contributed by atoms with E-state index in [9.17, 15) is 0 Å². The maximum Gasteiger partial charge on any atom is 0.130 e. The van der Waals surface area contributed by atoms with Crippen molar-refractivity contribution in [3.8, 4) is 6.07 Å². The molecular weight excluding hydrogens is 186 g/mol. The van der Waals surface area contributed by atoms with Crippen LogP contribution in [-0.2, 0) is 0 Å². The van der Waals surface area contributed by atoms with Crippen LogP contribution in [0, 0.1) is 11.3 Å². The molecule has 2 heterocycles. The fourth-order valence-electron chi connectivity index (χ4n) is 1.37. The van der Waals surface area contributed by atoms with Gasteiger partial charge in [-0.1, -0.05) is 11.6 Å². The molecule has 0 bridgehead atoms. The Morgan fingerprint density at radius 2 is 2.46 bits per heavy atom. The van der Waals surface area contributed by atoms with Crippen molar-refractivity contribution in [3.63, 3.8) is 0 Å². The molecule has 0 saturated carbocycles. The molecule has 1 aliphatic heterocycles. The standard InChI is InChI=1S/C9H8ClN3/c10-9-3-6(4-11)7(5-13-9)8-1-2-12-8/h3,5,8,12H,1-2H2. The summed E-state index contributed by atoms with van der Waals surface area (Å²) in [5, 5.41) is 12.4. The van der Waals surface area contributed by atoms with Crippen molar-refractivity contribution >= 4 is 11.6 Å². The average Bonchev–Trinajstić information content (AvgIpc) is 2.05. The van der Waals surface area contributed by atoms with E-state index in [4.69, 9.17) is 16.9 Å². The number of halogens is 1. The quantitative estimate of drug-likeness (QED) is 0.690. The van der Waals surface area contributed by atoms with Gasteiger partial charge in [0.2, 0.25) is 0 Å². The van der Waals surface area contributed by atoms with E-state index in [0.29, 0.717) is 16.8 Å². The molecule has 1 N–H and O–H groups in total. The maximum atomic E-state index is 8.85. The highest BCUT2D eigenvalue weighted by molar-refractivity contribution is 6.29. The van der Waals surface area contributed by atoms with E-state index in [0.717, 1.165) is 18.5 Å². The number of nitrogens with zero attached hydrogens (tertiary/aromatic N) is 2. The fourth-order valence-corrected chi connectivity index (χ4v) is 1.53. The number of hydrogen-bond acceptors (Lipinski definition) is 3. The van der Waals surface area contributed by atoms with Crippen molar-refractivity contribution in [1.29, 1.82) is 5.26 Å². The molecule has 0 radical (unpaired) electrons. The first-order valence-corrected chi connectivity index (χ1v) is 4.48. The first-order chi connectivity index (χ1) is 6.31. The lowest BCUT2D eigenvalue weighted by molar-refractivity contribution is 0.382. The van der Waals surface area contributed by atoms with Gasteiger partial charge >= 0.3 is 0 Å². The summed E-state index contributed by atoms with van der Waals surface area (Å²) in [5.41, 5.74) is 1.58.